The van der Waals surface area contributed by atoms with Crippen LogP contribution in [-0.4, -0.2) is 17.0 Å². The molecule has 0 saturated carbocycles. The molecule has 2 N–H and O–H groups in total. The Morgan fingerprint density at radius 3 is 2.76 bits per heavy atom. The average Bonchev–Trinajstić information content (AvgIpc) is 2.94. The summed E-state index contributed by atoms with van der Waals surface area (Å²) in [6.07, 6.45) is -0.140. The summed E-state index contributed by atoms with van der Waals surface area (Å²) in [5.74, 6) is -1.21. The van der Waals surface area contributed by atoms with E-state index in [9.17, 15) is 9.59 Å². The van der Waals surface area contributed by atoms with Crippen LogP contribution in [0.25, 0.3) is 0 Å². The van der Waals surface area contributed by atoms with Crippen molar-refractivity contribution < 1.29 is 14.7 Å². The zero-order chi connectivity index (χ0) is 15.4. The van der Waals surface area contributed by atoms with E-state index in [2.05, 4.69) is 21.2 Å². The van der Waals surface area contributed by atoms with Gasteiger partial charge in [0.1, 0.15) is 0 Å². The van der Waals surface area contributed by atoms with Crippen LogP contribution in [0, 0.1) is 6.92 Å². The zero-order valence-corrected chi connectivity index (χ0v) is 13.7. The van der Waals surface area contributed by atoms with E-state index in [1.54, 1.807) is 6.07 Å². The summed E-state index contributed by atoms with van der Waals surface area (Å²) >= 11 is 4.77. The quantitative estimate of drug-likeness (QED) is 0.845. The molecule has 21 heavy (non-hydrogen) atoms. The normalized spacial score (nSPS) is 11.9. The van der Waals surface area contributed by atoms with Gasteiger partial charge in [0.25, 0.3) is 5.91 Å². The molecule has 0 aliphatic rings. The van der Waals surface area contributed by atoms with Gasteiger partial charge in [0.15, 0.2) is 0 Å². The maximum Gasteiger partial charge on any atom is 0.305 e. The minimum Gasteiger partial charge on any atom is -0.481 e. The summed E-state index contributed by atoms with van der Waals surface area (Å²) in [5.41, 5.74) is 1.38. The fraction of sp³-hybridized carbons (Fsp3) is 0.200. The van der Waals surface area contributed by atoms with E-state index in [1.807, 2.05) is 36.6 Å². The van der Waals surface area contributed by atoms with Crippen LogP contribution in [0.2, 0.25) is 0 Å². The van der Waals surface area contributed by atoms with Gasteiger partial charge in [0.05, 0.1) is 12.5 Å². The van der Waals surface area contributed by atoms with E-state index < -0.39 is 12.0 Å². The van der Waals surface area contributed by atoms with Crippen LogP contribution in [0.3, 0.4) is 0 Å². The lowest BCUT2D eigenvalue weighted by Crippen LogP contribution is -2.30. The van der Waals surface area contributed by atoms with Crippen molar-refractivity contribution in [2.45, 2.75) is 19.4 Å². The number of amides is 1. The standard InChI is InChI=1S/C15H14BrNO3S/c1-9-4-5-10(16)7-11(9)15(20)17-12(8-14(18)19)13-3-2-6-21-13/h2-7,12H,8H2,1H3,(H,17,20)(H,18,19). The zero-order valence-electron chi connectivity index (χ0n) is 11.3. The number of aliphatic carboxylic acids is 1. The molecule has 1 amide bonds. The number of aryl methyl sites for hydroxylation is 1. The Labute approximate surface area is 134 Å². The average molecular weight is 368 g/mol. The number of thiophene rings is 1. The summed E-state index contributed by atoms with van der Waals surface area (Å²) < 4.78 is 0.809. The van der Waals surface area contributed by atoms with E-state index in [4.69, 9.17) is 5.11 Å². The number of hydrogen-bond donors (Lipinski definition) is 2. The summed E-state index contributed by atoms with van der Waals surface area (Å²) in [6, 6.07) is 8.58. The van der Waals surface area contributed by atoms with Crippen molar-refractivity contribution in [3.05, 3.63) is 56.2 Å². The van der Waals surface area contributed by atoms with Gasteiger partial charge in [-0.15, -0.1) is 11.3 Å². The van der Waals surface area contributed by atoms with Gasteiger partial charge in [-0.1, -0.05) is 28.1 Å². The molecule has 0 radical (unpaired) electrons. The van der Waals surface area contributed by atoms with Gasteiger partial charge in [-0.05, 0) is 36.1 Å². The van der Waals surface area contributed by atoms with Gasteiger partial charge in [0, 0.05) is 14.9 Å². The van der Waals surface area contributed by atoms with E-state index in [0.717, 1.165) is 14.9 Å². The fourth-order valence-corrected chi connectivity index (χ4v) is 3.10. The van der Waals surface area contributed by atoms with Gasteiger partial charge >= 0.3 is 5.97 Å². The van der Waals surface area contributed by atoms with Crippen LogP contribution in [-0.2, 0) is 4.79 Å². The van der Waals surface area contributed by atoms with Crippen molar-refractivity contribution in [1.29, 1.82) is 0 Å². The van der Waals surface area contributed by atoms with Crippen molar-refractivity contribution in [3.8, 4) is 0 Å². The lowest BCUT2D eigenvalue weighted by molar-refractivity contribution is -0.137. The lowest BCUT2D eigenvalue weighted by atomic mass is 10.1. The molecule has 1 atom stereocenters. The second-order valence-electron chi connectivity index (χ2n) is 4.60. The molecule has 6 heteroatoms. The largest absolute Gasteiger partial charge is 0.481 e. The van der Waals surface area contributed by atoms with Crippen molar-refractivity contribution in [2.75, 3.05) is 0 Å². The van der Waals surface area contributed by atoms with Gasteiger partial charge in [0.2, 0.25) is 0 Å². The first-order valence-electron chi connectivity index (χ1n) is 6.29. The topological polar surface area (TPSA) is 66.4 Å². The maximum absolute atomic E-state index is 12.4. The molecule has 1 heterocycles. The third-order valence-electron chi connectivity index (χ3n) is 3.01. The molecule has 0 fully saturated rings. The monoisotopic (exact) mass is 367 g/mol. The number of rotatable bonds is 5. The molecule has 1 aromatic carbocycles. The van der Waals surface area contributed by atoms with Crippen LogP contribution in [0.4, 0.5) is 0 Å². The molecular formula is C15H14BrNO3S. The second kappa shape index (κ2) is 6.87. The van der Waals surface area contributed by atoms with Crippen molar-refractivity contribution in [2.24, 2.45) is 0 Å². The second-order valence-corrected chi connectivity index (χ2v) is 6.49. The highest BCUT2D eigenvalue weighted by Gasteiger charge is 2.20. The maximum atomic E-state index is 12.4. The molecular weight excluding hydrogens is 354 g/mol. The number of halogens is 1. The molecule has 2 rings (SSSR count). The highest BCUT2D eigenvalue weighted by molar-refractivity contribution is 9.10. The van der Waals surface area contributed by atoms with Crippen molar-refractivity contribution >= 4 is 39.1 Å². The molecule has 0 bridgehead atoms. The first-order valence-corrected chi connectivity index (χ1v) is 7.97. The minimum atomic E-state index is -0.945. The van der Waals surface area contributed by atoms with Crippen LogP contribution in [0.5, 0.6) is 0 Å². The van der Waals surface area contributed by atoms with Crippen LogP contribution in [0.15, 0.2) is 40.2 Å². The van der Waals surface area contributed by atoms with Crippen LogP contribution < -0.4 is 5.32 Å². The van der Waals surface area contributed by atoms with Gasteiger partial charge in [-0.25, -0.2) is 0 Å². The number of carboxylic acids is 1. The highest BCUT2D eigenvalue weighted by Crippen LogP contribution is 2.23. The van der Waals surface area contributed by atoms with E-state index in [-0.39, 0.29) is 12.3 Å². The molecule has 1 unspecified atom stereocenters. The smallest absolute Gasteiger partial charge is 0.305 e. The molecule has 0 aliphatic carbocycles. The van der Waals surface area contributed by atoms with Crippen molar-refractivity contribution in [3.63, 3.8) is 0 Å². The number of carbonyl (C=O) groups excluding carboxylic acids is 1. The molecule has 0 spiro atoms. The lowest BCUT2D eigenvalue weighted by Gasteiger charge is -2.16. The molecule has 0 aliphatic heterocycles. The van der Waals surface area contributed by atoms with Crippen molar-refractivity contribution in [1.82, 2.24) is 5.32 Å². The fourth-order valence-electron chi connectivity index (χ4n) is 1.96. The predicted molar refractivity (Wildman–Crippen MR) is 85.7 cm³/mol. The van der Waals surface area contributed by atoms with Gasteiger partial charge in [-0.2, -0.15) is 0 Å². The predicted octanol–water partition coefficient (Wildman–Crippen LogP) is 3.76. The summed E-state index contributed by atoms with van der Waals surface area (Å²) in [5, 5.41) is 13.7. The Morgan fingerprint density at radius 2 is 2.14 bits per heavy atom. The first-order chi connectivity index (χ1) is 9.97. The summed E-state index contributed by atoms with van der Waals surface area (Å²) in [4.78, 5) is 24.2. The SMILES string of the molecule is Cc1ccc(Br)cc1C(=O)NC(CC(=O)O)c1cccs1. The summed E-state index contributed by atoms with van der Waals surface area (Å²) in [7, 11) is 0. The summed E-state index contributed by atoms with van der Waals surface area (Å²) in [6.45, 7) is 1.85. The number of hydrogen-bond acceptors (Lipinski definition) is 3. The Hall–Kier alpha value is -1.66. The highest BCUT2D eigenvalue weighted by atomic mass is 79.9. The Balaban J connectivity index is 2.22. The van der Waals surface area contributed by atoms with Crippen LogP contribution in [0.1, 0.15) is 33.3 Å². The number of carbonyl (C=O) groups is 2. The number of nitrogens with one attached hydrogen (secondary N) is 1. The molecule has 2 aromatic rings. The van der Waals surface area contributed by atoms with E-state index in [1.165, 1.54) is 11.3 Å². The first kappa shape index (κ1) is 15.7. The Morgan fingerprint density at radius 1 is 1.38 bits per heavy atom. The number of carboxylic acid groups (broad SMARTS) is 1. The molecule has 0 saturated heterocycles. The van der Waals surface area contributed by atoms with Gasteiger partial charge < -0.3 is 10.4 Å². The Bertz CT molecular complexity index is 655. The molecule has 4 nitrogen and oxygen atoms in total. The van der Waals surface area contributed by atoms with Crippen LogP contribution >= 0.6 is 27.3 Å². The molecule has 110 valence electrons. The Kier molecular flexibility index (Phi) is 5.14. The van der Waals surface area contributed by atoms with Gasteiger partial charge in [-0.3, -0.25) is 9.59 Å². The van der Waals surface area contributed by atoms with E-state index in [0.29, 0.717) is 5.56 Å². The molecule has 1 aromatic heterocycles. The minimum absolute atomic E-state index is 0.140. The third-order valence-corrected chi connectivity index (χ3v) is 4.49. The van der Waals surface area contributed by atoms with E-state index >= 15 is 0 Å². The number of benzene rings is 1. The third kappa shape index (κ3) is 4.15.